The zero-order valence-electron chi connectivity index (χ0n) is 9.94. The number of anilines is 1. The van der Waals surface area contributed by atoms with Gasteiger partial charge in [0.25, 0.3) is 0 Å². The van der Waals surface area contributed by atoms with Crippen molar-refractivity contribution in [1.29, 1.82) is 0 Å². The summed E-state index contributed by atoms with van der Waals surface area (Å²) in [6.45, 7) is 1.58. The standard InChI is InChI=1S/C11H11Cl2N3O2S/c1-6(19)16(15-10(18)5-9(14)17)11-7(12)3-2-4-8(11)13/h2-4H,5H2,1H3,(H2,14,17)(H,15,18). The minimum atomic E-state index is -0.746. The van der Waals surface area contributed by atoms with E-state index in [0.29, 0.717) is 20.7 Å². The van der Waals surface area contributed by atoms with Gasteiger partial charge in [0.15, 0.2) is 0 Å². The molecule has 19 heavy (non-hydrogen) atoms. The Labute approximate surface area is 125 Å². The van der Waals surface area contributed by atoms with Gasteiger partial charge in [-0.15, -0.1) is 0 Å². The Morgan fingerprint density at radius 3 is 2.32 bits per heavy atom. The maximum Gasteiger partial charge on any atom is 0.248 e. The van der Waals surface area contributed by atoms with Crippen molar-refractivity contribution in [2.45, 2.75) is 13.3 Å². The van der Waals surface area contributed by atoms with E-state index in [9.17, 15) is 9.59 Å². The van der Waals surface area contributed by atoms with E-state index >= 15 is 0 Å². The van der Waals surface area contributed by atoms with Gasteiger partial charge in [0, 0.05) is 0 Å². The fraction of sp³-hybridized carbons (Fsp3) is 0.182. The zero-order valence-corrected chi connectivity index (χ0v) is 12.3. The first-order valence-electron chi connectivity index (χ1n) is 5.15. The summed E-state index contributed by atoms with van der Waals surface area (Å²) < 4.78 is 0. The highest BCUT2D eigenvalue weighted by molar-refractivity contribution is 7.80. The van der Waals surface area contributed by atoms with Crippen molar-refractivity contribution in [2.24, 2.45) is 5.73 Å². The topological polar surface area (TPSA) is 75.4 Å². The fourth-order valence-electron chi connectivity index (χ4n) is 1.32. The smallest absolute Gasteiger partial charge is 0.248 e. The van der Waals surface area contributed by atoms with Gasteiger partial charge in [0.05, 0.1) is 10.0 Å². The number of para-hydroxylation sites is 1. The van der Waals surface area contributed by atoms with Crippen LogP contribution in [0.15, 0.2) is 18.2 Å². The van der Waals surface area contributed by atoms with Gasteiger partial charge in [-0.2, -0.15) is 0 Å². The maximum atomic E-state index is 11.6. The summed E-state index contributed by atoms with van der Waals surface area (Å²) in [6, 6.07) is 4.87. The van der Waals surface area contributed by atoms with Gasteiger partial charge >= 0.3 is 0 Å². The van der Waals surface area contributed by atoms with Crippen LogP contribution in [0.1, 0.15) is 13.3 Å². The summed E-state index contributed by atoms with van der Waals surface area (Å²) in [5.74, 6) is -1.35. The van der Waals surface area contributed by atoms with Gasteiger partial charge in [-0.3, -0.25) is 15.0 Å². The minimum Gasteiger partial charge on any atom is -0.369 e. The minimum absolute atomic E-state index is 0.313. The van der Waals surface area contributed by atoms with Crippen LogP contribution in [0.2, 0.25) is 10.0 Å². The molecular weight excluding hydrogens is 309 g/mol. The Hall–Kier alpha value is -1.37. The molecule has 3 N–H and O–H groups in total. The zero-order chi connectivity index (χ0) is 14.6. The summed E-state index contributed by atoms with van der Waals surface area (Å²) in [5.41, 5.74) is 7.71. The lowest BCUT2D eigenvalue weighted by Gasteiger charge is -2.25. The number of primary amides is 1. The predicted molar refractivity (Wildman–Crippen MR) is 79.2 cm³/mol. The number of thiocarbonyl (C=S) groups is 1. The molecule has 0 aliphatic rings. The predicted octanol–water partition coefficient (Wildman–Crippen LogP) is 2.05. The molecule has 0 radical (unpaired) electrons. The number of benzene rings is 1. The number of amides is 2. The molecule has 0 saturated heterocycles. The number of rotatable bonds is 3. The molecule has 1 rings (SSSR count). The molecule has 0 aromatic heterocycles. The summed E-state index contributed by atoms with van der Waals surface area (Å²) in [4.78, 5) is 22.6. The van der Waals surface area contributed by atoms with Gasteiger partial charge in [0.2, 0.25) is 11.8 Å². The third-order valence-electron chi connectivity index (χ3n) is 2.05. The van der Waals surface area contributed by atoms with Gasteiger partial charge in [0.1, 0.15) is 17.1 Å². The van der Waals surface area contributed by atoms with Crippen molar-refractivity contribution in [3.05, 3.63) is 28.2 Å². The van der Waals surface area contributed by atoms with E-state index in [4.69, 9.17) is 41.2 Å². The number of hydrazine groups is 1. The van der Waals surface area contributed by atoms with E-state index in [0.717, 1.165) is 0 Å². The lowest BCUT2D eigenvalue weighted by atomic mass is 10.3. The SMILES string of the molecule is CC(=S)N(NC(=O)CC(N)=O)c1c(Cl)cccc1Cl. The Morgan fingerprint density at radius 2 is 1.89 bits per heavy atom. The van der Waals surface area contributed by atoms with Gasteiger partial charge in [-0.05, 0) is 19.1 Å². The highest BCUT2D eigenvalue weighted by atomic mass is 35.5. The van der Waals surface area contributed by atoms with E-state index in [-0.39, 0.29) is 0 Å². The third kappa shape index (κ3) is 4.34. The lowest BCUT2D eigenvalue weighted by molar-refractivity contribution is -0.127. The second-order valence-corrected chi connectivity index (χ2v) is 5.01. The molecule has 102 valence electrons. The highest BCUT2D eigenvalue weighted by Gasteiger charge is 2.19. The van der Waals surface area contributed by atoms with E-state index < -0.39 is 18.2 Å². The Bertz CT molecular complexity index is 516. The molecule has 8 heteroatoms. The first-order valence-corrected chi connectivity index (χ1v) is 6.32. The molecule has 0 bridgehead atoms. The van der Waals surface area contributed by atoms with Crippen LogP contribution < -0.4 is 16.2 Å². The molecule has 0 aliphatic carbocycles. The Morgan fingerprint density at radius 1 is 1.37 bits per heavy atom. The highest BCUT2D eigenvalue weighted by Crippen LogP contribution is 2.32. The summed E-state index contributed by atoms with van der Waals surface area (Å²) in [5, 5.41) is 1.87. The van der Waals surface area contributed by atoms with Crippen molar-refractivity contribution in [3.63, 3.8) is 0 Å². The summed E-state index contributed by atoms with van der Waals surface area (Å²) >= 11 is 17.1. The van der Waals surface area contributed by atoms with Crippen LogP contribution in [0.4, 0.5) is 5.69 Å². The first kappa shape index (κ1) is 15.7. The van der Waals surface area contributed by atoms with E-state index in [1.165, 1.54) is 5.01 Å². The second kappa shape index (κ2) is 6.70. The number of nitrogens with one attached hydrogen (secondary N) is 1. The molecule has 0 fully saturated rings. The summed E-state index contributed by atoms with van der Waals surface area (Å²) in [7, 11) is 0. The molecule has 1 aromatic carbocycles. The van der Waals surface area contributed by atoms with Gasteiger partial charge in [-0.1, -0.05) is 41.5 Å². The molecule has 0 aliphatic heterocycles. The van der Waals surface area contributed by atoms with Crippen LogP contribution in [0.5, 0.6) is 0 Å². The van der Waals surface area contributed by atoms with Gasteiger partial charge < -0.3 is 5.73 Å². The fourth-order valence-corrected chi connectivity index (χ4v) is 2.02. The molecule has 0 heterocycles. The van der Waals surface area contributed by atoms with E-state index in [1.807, 2.05) is 0 Å². The first-order chi connectivity index (χ1) is 8.82. The molecule has 0 unspecified atom stereocenters. The van der Waals surface area contributed by atoms with Crippen LogP contribution in [-0.2, 0) is 9.59 Å². The number of nitrogens with zero attached hydrogens (tertiary/aromatic N) is 1. The Balaban J connectivity index is 3.05. The van der Waals surface area contributed by atoms with Crippen molar-refractivity contribution >= 4 is 57.9 Å². The second-order valence-electron chi connectivity index (χ2n) is 3.60. The molecule has 2 amide bonds. The van der Waals surface area contributed by atoms with E-state index in [2.05, 4.69) is 5.43 Å². The average molecular weight is 320 g/mol. The number of nitrogens with two attached hydrogens (primary N) is 1. The normalized spacial score (nSPS) is 9.84. The summed E-state index contributed by atoms with van der Waals surface area (Å²) in [6.07, 6.45) is -0.457. The van der Waals surface area contributed by atoms with Crippen molar-refractivity contribution in [2.75, 3.05) is 5.01 Å². The average Bonchev–Trinajstić information content (AvgIpc) is 2.25. The number of hydrogen-bond acceptors (Lipinski definition) is 3. The van der Waals surface area contributed by atoms with Crippen LogP contribution >= 0.6 is 35.4 Å². The number of halogens is 2. The molecule has 0 spiro atoms. The largest absolute Gasteiger partial charge is 0.369 e. The monoisotopic (exact) mass is 319 g/mol. The molecule has 0 atom stereocenters. The molecule has 0 saturated carbocycles. The van der Waals surface area contributed by atoms with Crippen molar-refractivity contribution in [3.8, 4) is 0 Å². The van der Waals surface area contributed by atoms with Crippen LogP contribution in [0, 0.1) is 0 Å². The quantitative estimate of drug-likeness (QED) is 0.508. The van der Waals surface area contributed by atoms with Crippen molar-refractivity contribution < 1.29 is 9.59 Å². The van der Waals surface area contributed by atoms with Crippen molar-refractivity contribution in [1.82, 2.24) is 5.43 Å². The maximum absolute atomic E-state index is 11.6. The number of carbonyl (C=O) groups is 2. The van der Waals surface area contributed by atoms with Crippen LogP contribution in [0.25, 0.3) is 0 Å². The van der Waals surface area contributed by atoms with Gasteiger partial charge in [-0.25, -0.2) is 5.01 Å². The number of hydrogen-bond donors (Lipinski definition) is 2. The van der Waals surface area contributed by atoms with E-state index in [1.54, 1.807) is 25.1 Å². The Kier molecular flexibility index (Phi) is 5.53. The number of carbonyl (C=O) groups excluding carboxylic acids is 2. The lowest BCUT2D eigenvalue weighted by Crippen LogP contribution is -2.46. The molecule has 5 nitrogen and oxygen atoms in total. The van der Waals surface area contributed by atoms with Crippen LogP contribution in [0.3, 0.4) is 0 Å². The third-order valence-corrected chi connectivity index (χ3v) is 2.84. The molecular formula is C11H11Cl2N3O2S. The molecule has 1 aromatic rings. The van der Waals surface area contributed by atoms with Crippen LogP contribution in [-0.4, -0.2) is 16.8 Å².